The fraction of sp³-hybridized carbons (Fsp3) is 0.333. The van der Waals surface area contributed by atoms with E-state index in [1.54, 1.807) is 24.3 Å². The summed E-state index contributed by atoms with van der Waals surface area (Å²) in [6.45, 7) is 0.835. The summed E-state index contributed by atoms with van der Waals surface area (Å²) in [5.74, 6) is -0.660. The Hall–Kier alpha value is -2.79. The summed E-state index contributed by atoms with van der Waals surface area (Å²) in [6.07, 6.45) is 1.67. The first-order valence-corrected chi connectivity index (χ1v) is 11.3. The van der Waals surface area contributed by atoms with Gasteiger partial charge in [0, 0.05) is 37.2 Å². The number of methoxy groups -OCH3 is 1. The van der Waals surface area contributed by atoms with Crippen LogP contribution in [-0.4, -0.2) is 53.2 Å². The number of hydrogen-bond acceptors (Lipinski definition) is 6. The minimum Gasteiger partial charge on any atom is -0.377 e. The molecule has 1 aliphatic heterocycles. The van der Waals surface area contributed by atoms with Gasteiger partial charge in [-0.15, -0.1) is 0 Å². The zero-order valence-electron chi connectivity index (χ0n) is 17.1. The van der Waals surface area contributed by atoms with Crippen LogP contribution in [0.15, 0.2) is 53.4 Å². The molecule has 9 nitrogen and oxygen atoms in total. The summed E-state index contributed by atoms with van der Waals surface area (Å²) in [5.41, 5.74) is 1.42. The van der Waals surface area contributed by atoms with Gasteiger partial charge >= 0.3 is 0 Å². The van der Waals surface area contributed by atoms with Gasteiger partial charge < -0.3 is 20.1 Å². The van der Waals surface area contributed by atoms with Crippen LogP contribution in [0.5, 0.6) is 0 Å². The van der Waals surface area contributed by atoms with Crippen LogP contribution in [0.4, 0.5) is 11.4 Å². The van der Waals surface area contributed by atoms with Crippen molar-refractivity contribution >= 4 is 33.2 Å². The van der Waals surface area contributed by atoms with Crippen molar-refractivity contribution in [1.29, 1.82) is 0 Å². The predicted octanol–water partition coefficient (Wildman–Crippen LogP) is 1.98. The maximum absolute atomic E-state index is 12.4. The molecule has 2 aromatic carbocycles. The van der Waals surface area contributed by atoms with Gasteiger partial charge in [0.05, 0.1) is 11.0 Å². The van der Waals surface area contributed by atoms with Gasteiger partial charge in [-0.2, -0.15) is 0 Å². The lowest BCUT2D eigenvalue weighted by molar-refractivity contribution is -0.119. The first-order chi connectivity index (χ1) is 14.9. The highest BCUT2D eigenvalue weighted by molar-refractivity contribution is 7.89. The lowest BCUT2D eigenvalue weighted by Crippen LogP contribution is -2.31. The summed E-state index contributed by atoms with van der Waals surface area (Å²) >= 11 is 0. The number of carbonyl (C=O) groups is 2. The topological polar surface area (TPSA) is 123 Å². The van der Waals surface area contributed by atoms with Crippen LogP contribution in [0, 0.1) is 0 Å². The van der Waals surface area contributed by atoms with Gasteiger partial charge in [-0.1, -0.05) is 0 Å². The van der Waals surface area contributed by atoms with Crippen molar-refractivity contribution in [3.8, 4) is 0 Å². The van der Waals surface area contributed by atoms with Crippen LogP contribution in [0.25, 0.3) is 0 Å². The van der Waals surface area contributed by atoms with Gasteiger partial charge in [-0.25, -0.2) is 13.1 Å². The van der Waals surface area contributed by atoms with Crippen LogP contribution in [-0.2, 0) is 24.3 Å². The summed E-state index contributed by atoms with van der Waals surface area (Å²) in [6, 6.07) is 12.3. The second-order valence-corrected chi connectivity index (χ2v) is 8.79. The molecule has 1 saturated heterocycles. The molecule has 31 heavy (non-hydrogen) atoms. The molecule has 10 heteroatoms. The number of rotatable bonds is 9. The predicted molar refractivity (Wildman–Crippen MR) is 116 cm³/mol. The molecule has 0 saturated carbocycles. The van der Waals surface area contributed by atoms with Crippen molar-refractivity contribution < 1.29 is 27.5 Å². The highest BCUT2D eigenvalue weighted by Crippen LogP contribution is 2.17. The van der Waals surface area contributed by atoms with Gasteiger partial charge in [0.25, 0.3) is 5.91 Å². The Kier molecular flexibility index (Phi) is 7.75. The zero-order valence-corrected chi connectivity index (χ0v) is 17.9. The third kappa shape index (κ3) is 6.59. The minimum atomic E-state index is -3.67. The summed E-state index contributed by atoms with van der Waals surface area (Å²) in [7, 11) is -2.24. The first-order valence-electron chi connectivity index (χ1n) is 9.79. The highest BCUT2D eigenvalue weighted by Gasteiger charge is 2.20. The largest absolute Gasteiger partial charge is 0.377 e. The molecule has 0 radical (unpaired) electrons. The number of benzene rings is 2. The van der Waals surface area contributed by atoms with E-state index in [9.17, 15) is 18.0 Å². The highest BCUT2D eigenvalue weighted by atomic mass is 32.2. The van der Waals surface area contributed by atoms with Crippen molar-refractivity contribution in [1.82, 2.24) is 4.72 Å². The van der Waals surface area contributed by atoms with E-state index in [1.165, 1.54) is 31.4 Å². The molecule has 0 spiro atoms. The third-order valence-corrected chi connectivity index (χ3v) is 6.09. The number of nitrogens with one attached hydrogen (secondary N) is 3. The maximum atomic E-state index is 12.4. The number of ether oxygens (including phenoxy) is 2. The van der Waals surface area contributed by atoms with E-state index in [0.717, 1.165) is 12.8 Å². The Morgan fingerprint density at radius 3 is 2.26 bits per heavy atom. The summed E-state index contributed by atoms with van der Waals surface area (Å²) in [4.78, 5) is 24.0. The van der Waals surface area contributed by atoms with E-state index in [0.29, 0.717) is 23.5 Å². The molecule has 166 valence electrons. The Balaban J connectivity index is 1.56. The summed E-state index contributed by atoms with van der Waals surface area (Å²) < 4.78 is 37.5. The number of amides is 2. The normalized spacial score (nSPS) is 16.1. The second-order valence-electron chi connectivity index (χ2n) is 7.02. The van der Waals surface area contributed by atoms with Crippen molar-refractivity contribution in [2.75, 3.05) is 37.5 Å². The van der Waals surface area contributed by atoms with Crippen LogP contribution in [0.2, 0.25) is 0 Å². The van der Waals surface area contributed by atoms with E-state index >= 15 is 0 Å². The number of sulfonamides is 1. The average Bonchev–Trinajstić information content (AvgIpc) is 3.28. The maximum Gasteiger partial charge on any atom is 0.255 e. The second kappa shape index (κ2) is 10.5. The van der Waals surface area contributed by atoms with E-state index in [2.05, 4.69) is 15.4 Å². The fourth-order valence-electron chi connectivity index (χ4n) is 3.05. The van der Waals surface area contributed by atoms with E-state index in [1.807, 2.05) is 0 Å². The van der Waals surface area contributed by atoms with Gasteiger partial charge in [0.1, 0.15) is 6.61 Å². The standard InChI is InChI=1S/C21H25N3O6S/c1-29-14-20(25)23-16-6-8-17(9-7-16)24-21(26)15-4-10-19(11-5-15)31(27,28)22-13-18-3-2-12-30-18/h4-11,18,22H,2-3,12-14H2,1H3,(H,23,25)(H,24,26). The van der Waals surface area contributed by atoms with Crippen LogP contribution >= 0.6 is 0 Å². The fourth-order valence-corrected chi connectivity index (χ4v) is 4.11. The third-order valence-electron chi connectivity index (χ3n) is 4.65. The molecule has 0 aromatic heterocycles. The van der Waals surface area contributed by atoms with E-state index in [-0.39, 0.29) is 36.0 Å². The molecule has 0 aliphatic carbocycles. The summed E-state index contributed by atoms with van der Waals surface area (Å²) in [5, 5.41) is 5.38. The van der Waals surface area contributed by atoms with E-state index < -0.39 is 10.0 Å². The molecule has 1 heterocycles. The Labute approximate surface area is 181 Å². The Bertz CT molecular complexity index is 1000. The van der Waals surface area contributed by atoms with Crippen molar-refractivity contribution in [2.45, 2.75) is 23.8 Å². The van der Waals surface area contributed by atoms with Gasteiger partial charge in [0.2, 0.25) is 15.9 Å². The van der Waals surface area contributed by atoms with E-state index in [4.69, 9.17) is 9.47 Å². The van der Waals surface area contributed by atoms with Crippen LogP contribution in [0.1, 0.15) is 23.2 Å². The number of hydrogen-bond donors (Lipinski definition) is 3. The quantitative estimate of drug-likeness (QED) is 0.540. The molecule has 1 atom stereocenters. The van der Waals surface area contributed by atoms with Crippen molar-refractivity contribution in [3.05, 3.63) is 54.1 Å². The molecule has 2 aromatic rings. The first kappa shape index (κ1) is 22.9. The van der Waals surface area contributed by atoms with Crippen molar-refractivity contribution in [2.24, 2.45) is 0 Å². The lowest BCUT2D eigenvalue weighted by atomic mass is 10.2. The molecule has 0 bridgehead atoms. The SMILES string of the molecule is COCC(=O)Nc1ccc(NC(=O)c2ccc(S(=O)(=O)NCC3CCCO3)cc2)cc1. The molecule has 3 rings (SSSR count). The van der Waals surface area contributed by atoms with Crippen LogP contribution < -0.4 is 15.4 Å². The molecule has 2 amide bonds. The number of anilines is 2. The molecular weight excluding hydrogens is 422 g/mol. The van der Waals surface area contributed by atoms with Crippen molar-refractivity contribution in [3.63, 3.8) is 0 Å². The van der Waals surface area contributed by atoms with Crippen LogP contribution in [0.3, 0.4) is 0 Å². The Morgan fingerprint density at radius 2 is 1.68 bits per heavy atom. The molecule has 1 aliphatic rings. The molecule has 3 N–H and O–H groups in total. The monoisotopic (exact) mass is 447 g/mol. The smallest absolute Gasteiger partial charge is 0.255 e. The molecule has 1 unspecified atom stereocenters. The van der Waals surface area contributed by atoms with Gasteiger partial charge in [-0.05, 0) is 61.4 Å². The average molecular weight is 448 g/mol. The molecule has 1 fully saturated rings. The Morgan fingerprint density at radius 1 is 1.03 bits per heavy atom. The molecular formula is C21H25N3O6S. The van der Waals surface area contributed by atoms with Gasteiger partial charge in [-0.3, -0.25) is 9.59 Å². The van der Waals surface area contributed by atoms with Gasteiger partial charge in [0.15, 0.2) is 0 Å². The zero-order chi connectivity index (χ0) is 22.3. The number of carbonyl (C=O) groups excluding carboxylic acids is 2. The minimum absolute atomic E-state index is 0.0475. The lowest BCUT2D eigenvalue weighted by Gasteiger charge is -2.12.